The molecular weight excluding hydrogens is 240 g/mol. The molecular formula is C15H16N2O2. The van der Waals surface area contributed by atoms with Gasteiger partial charge < -0.3 is 10.1 Å². The molecule has 1 heterocycles. The third-order valence-corrected chi connectivity index (χ3v) is 3.34. The number of nitrogens with one attached hydrogen (secondary N) is 1. The lowest BCUT2D eigenvalue weighted by atomic mass is 9.80. The molecule has 0 saturated carbocycles. The molecule has 0 aromatic heterocycles. The quantitative estimate of drug-likeness (QED) is 0.835. The lowest BCUT2D eigenvalue weighted by molar-refractivity contribution is 0.0633. The average Bonchev–Trinajstić information content (AvgIpc) is 2.48. The fraction of sp³-hybridized carbons (Fsp3) is 0.400. The largest absolute Gasteiger partial charge is 0.378 e. The van der Waals surface area contributed by atoms with Gasteiger partial charge in [0.25, 0.3) is 0 Å². The number of hydrogen-bond donors (Lipinski definition) is 1. The minimum atomic E-state index is -0.866. The third kappa shape index (κ3) is 3.03. The van der Waals surface area contributed by atoms with Gasteiger partial charge in [-0.1, -0.05) is 30.3 Å². The van der Waals surface area contributed by atoms with E-state index in [0.717, 1.165) is 12.0 Å². The summed E-state index contributed by atoms with van der Waals surface area (Å²) in [6, 6.07) is 12.0. The average molecular weight is 256 g/mol. The number of hydrogen-bond acceptors (Lipinski definition) is 4. The van der Waals surface area contributed by atoms with E-state index in [-0.39, 0.29) is 6.61 Å². The minimum absolute atomic E-state index is 0.218. The smallest absolute Gasteiger partial charge is 0.147 e. The van der Waals surface area contributed by atoms with Crippen molar-refractivity contribution in [2.45, 2.75) is 19.4 Å². The van der Waals surface area contributed by atoms with E-state index in [2.05, 4.69) is 11.4 Å². The first kappa shape index (κ1) is 13.4. The molecule has 1 N–H and O–H groups in total. The van der Waals surface area contributed by atoms with Gasteiger partial charge in [0.1, 0.15) is 17.1 Å². The Labute approximate surface area is 112 Å². The van der Waals surface area contributed by atoms with E-state index in [4.69, 9.17) is 4.74 Å². The topological polar surface area (TPSA) is 62.1 Å². The molecule has 1 aliphatic rings. The Bertz CT molecular complexity index is 515. The number of nitrogens with zero attached hydrogens (tertiary/aromatic N) is 1. The Morgan fingerprint density at radius 2 is 2.16 bits per heavy atom. The van der Waals surface area contributed by atoms with Gasteiger partial charge in [0, 0.05) is 6.54 Å². The van der Waals surface area contributed by atoms with Crippen LogP contribution in [0.3, 0.4) is 0 Å². The minimum Gasteiger partial charge on any atom is -0.378 e. The molecule has 0 bridgehead atoms. The monoisotopic (exact) mass is 256 g/mol. The van der Waals surface area contributed by atoms with Crippen LogP contribution in [0.4, 0.5) is 0 Å². The summed E-state index contributed by atoms with van der Waals surface area (Å²) in [7, 11) is 0. The van der Waals surface area contributed by atoms with Gasteiger partial charge in [0.05, 0.1) is 19.3 Å². The summed E-state index contributed by atoms with van der Waals surface area (Å²) in [4.78, 5) is 10.9. The van der Waals surface area contributed by atoms with E-state index in [1.54, 1.807) is 0 Å². The molecule has 1 aromatic rings. The van der Waals surface area contributed by atoms with Crippen LogP contribution in [-0.4, -0.2) is 19.1 Å². The number of benzene rings is 1. The second-order valence-electron chi connectivity index (χ2n) is 4.68. The number of piperidine rings is 1. The molecule has 1 fully saturated rings. The van der Waals surface area contributed by atoms with Crippen molar-refractivity contribution in [3.8, 4) is 6.07 Å². The summed E-state index contributed by atoms with van der Waals surface area (Å²) < 4.78 is 5.62. The van der Waals surface area contributed by atoms with Crippen LogP contribution < -0.4 is 5.32 Å². The van der Waals surface area contributed by atoms with Crippen molar-refractivity contribution in [1.82, 2.24) is 5.32 Å². The first-order chi connectivity index (χ1) is 9.30. The standard InChI is InChI=1S/C15H16N2O2/c16-11-15(7-4-8-17-14(15)9-18)12-19-10-13-5-2-1-3-6-13/h1-3,5-6,17H,4,7-8,10,12H2. The Morgan fingerprint density at radius 3 is 2.84 bits per heavy atom. The molecule has 0 radical (unpaired) electrons. The van der Waals surface area contributed by atoms with Crippen molar-refractivity contribution < 1.29 is 9.53 Å². The van der Waals surface area contributed by atoms with E-state index in [0.29, 0.717) is 25.3 Å². The van der Waals surface area contributed by atoms with Crippen molar-refractivity contribution in [3.63, 3.8) is 0 Å². The van der Waals surface area contributed by atoms with Crippen molar-refractivity contribution in [2.24, 2.45) is 5.41 Å². The maximum atomic E-state index is 10.9. The molecule has 1 aliphatic heterocycles. The van der Waals surface area contributed by atoms with Gasteiger partial charge >= 0.3 is 0 Å². The molecule has 19 heavy (non-hydrogen) atoms. The fourth-order valence-corrected chi connectivity index (χ4v) is 2.24. The number of ether oxygens (including phenoxy) is 1. The lowest BCUT2D eigenvalue weighted by Crippen LogP contribution is -2.40. The van der Waals surface area contributed by atoms with E-state index in [9.17, 15) is 10.1 Å². The molecule has 0 spiro atoms. The van der Waals surface area contributed by atoms with E-state index >= 15 is 0 Å². The molecule has 98 valence electrons. The summed E-state index contributed by atoms with van der Waals surface area (Å²) in [6.07, 6.45) is 1.49. The van der Waals surface area contributed by atoms with Gasteiger partial charge in [-0.2, -0.15) is 5.26 Å². The SMILES string of the molecule is N#CC1(COCc2ccccc2)CCCNC1=C=O. The summed E-state index contributed by atoms with van der Waals surface area (Å²) in [5.74, 6) is 1.85. The first-order valence-electron chi connectivity index (χ1n) is 6.33. The van der Waals surface area contributed by atoms with Crippen LogP contribution in [-0.2, 0) is 16.1 Å². The number of nitriles is 1. The van der Waals surface area contributed by atoms with Crippen LogP contribution in [0, 0.1) is 16.7 Å². The second kappa shape index (κ2) is 6.19. The van der Waals surface area contributed by atoms with E-state index in [1.807, 2.05) is 36.3 Å². The van der Waals surface area contributed by atoms with E-state index < -0.39 is 5.41 Å². The molecule has 1 saturated heterocycles. The molecule has 0 amide bonds. The fourth-order valence-electron chi connectivity index (χ4n) is 2.24. The first-order valence-corrected chi connectivity index (χ1v) is 6.33. The predicted octanol–water partition coefficient (Wildman–Crippen LogP) is 1.81. The Morgan fingerprint density at radius 1 is 1.37 bits per heavy atom. The molecule has 1 unspecified atom stereocenters. The zero-order valence-electron chi connectivity index (χ0n) is 10.7. The molecule has 1 aromatic carbocycles. The summed E-state index contributed by atoms with van der Waals surface area (Å²) in [5.41, 5.74) is 0.514. The highest BCUT2D eigenvalue weighted by Gasteiger charge is 2.38. The number of rotatable bonds is 4. The van der Waals surface area contributed by atoms with Crippen LogP contribution in [0.15, 0.2) is 36.0 Å². The Kier molecular flexibility index (Phi) is 4.35. The van der Waals surface area contributed by atoms with Crippen LogP contribution in [0.25, 0.3) is 0 Å². The van der Waals surface area contributed by atoms with Gasteiger partial charge in [-0.3, -0.25) is 0 Å². The highest BCUT2D eigenvalue weighted by Crippen LogP contribution is 2.32. The van der Waals surface area contributed by atoms with Crippen LogP contribution in [0.5, 0.6) is 0 Å². The van der Waals surface area contributed by atoms with Gasteiger partial charge in [0.15, 0.2) is 0 Å². The van der Waals surface area contributed by atoms with Gasteiger partial charge in [-0.15, -0.1) is 0 Å². The summed E-state index contributed by atoms with van der Waals surface area (Å²) in [6.45, 7) is 1.37. The van der Waals surface area contributed by atoms with Crippen molar-refractivity contribution in [3.05, 3.63) is 41.6 Å². The predicted molar refractivity (Wildman–Crippen MR) is 70.6 cm³/mol. The maximum Gasteiger partial charge on any atom is 0.147 e. The van der Waals surface area contributed by atoms with Crippen LogP contribution in [0.2, 0.25) is 0 Å². The van der Waals surface area contributed by atoms with Crippen molar-refractivity contribution in [2.75, 3.05) is 13.2 Å². The molecule has 2 rings (SSSR count). The molecule has 0 aliphatic carbocycles. The highest BCUT2D eigenvalue weighted by atomic mass is 16.5. The zero-order valence-corrected chi connectivity index (χ0v) is 10.7. The molecule has 4 nitrogen and oxygen atoms in total. The van der Waals surface area contributed by atoms with E-state index in [1.165, 1.54) is 0 Å². The van der Waals surface area contributed by atoms with Crippen LogP contribution >= 0.6 is 0 Å². The van der Waals surface area contributed by atoms with Gasteiger partial charge in [0.2, 0.25) is 0 Å². The zero-order chi connectivity index (χ0) is 13.6. The van der Waals surface area contributed by atoms with Crippen LogP contribution in [0.1, 0.15) is 18.4 Å². The third-order valence-electron chi connectivity index (χ3n) is 3.34. The second-order valence-corrected chi connectivity index (χ2v) is 4.68. The maximum absolute atomic E-state index is 10.9. The summed E-state index contributed by atoms with van der Waals surface area (Å²) in [5, 5.41) is 12.3. The molecule has 4 heteroatoms. The lowest BCUT2D eigenvalue weighted by Gasteiger charge is -2.31. The normalized spacial score (nSPS) is 22.2. The van der Waals surface area contributed by atoms with Gasteiger partial charge in [-0.25, -0.2) is 4.79 Å². The van der Waals surface area contributed by atoms with Crippen molar-refractivity contribution in [1.29, 1.82) is 5.26 Å². The number of carbonyl (C=O) groups excluding carboxylic acids is 1. The van der Waals surface area contributed by atoms with Crippen molar-refractivity contribution >= 4 is 5.94 Å². The summed E-state index contributed by atoms with van der Waals surface area (Å²) >= 11 is 0. The molecule has 1 atom stereocenters. The highest BCUT2D eigenvalue weighted by molar-refractivity contribution is 5.56. The van der Waals surface area contributed by atoms with Gasteiger partial charge in [-0.05, 0) is 18.4 Å². The Hall–Kier alpha value is -2.08. The Balaban J connectivity index is 1.99.